The van der Waals surface area contributed by atoms with E-state index in [0.717, 1.165) is 0 Å². The Morgan fingerprint density at radius 1 is 1.55 bits per heavy atom. The molecule has 0 aromatic heterocycles. The number of ether oxygens (including phenoxy) is 1. The number of aliphatic carboxylic acids is 1. The van der Waals surface area contributed by atoms with Crippen LogP contribution in [0.4, 0.5) is 0 Å². The van der Waals surface area contributed by atoms with E-state index >= 15 is 0 Å². The summed E-state index contributed by atoms with van der Waals surface area (Å²) < 4.78 is 4.96. The van der Waals surface area contributed by atoms with Crippen molar-refractivity contribution >= 4 is 11.8 Å². The summed E-state index contributed by atoms with van der Waals surface area (Å²) in [5.41, 5.74) is 0. The molecule has 5 atom stereocenters. The molecular weight excluding hydrogens is 148 g/mol. The highest BCUT2D eigenvalue weighted by Crippen LogP contribution is 2.62. The molecule has 0 spiro atoms. The van der Waals surface area contributed by atoms with E-state index in [9.17, 15) is 14.7 Å². The molecule has 1 aliphatic heterocycles. The van der Waals surface area contributed by atoms with Crippen LogP contribution < -0.4 is 5.11 Å². The Hall–Kier alpha value is -0.900. The van der Waals surface area contributed by atoms with Gasteiger partial charge >= 0.3 is 0 Å². The van der Waals surface area contributed by atoms with Crippen LogP contribution in [-0.2, 0) is 14.3 Å². The molecule has 11 heavy (non-hydrogen) atoms. The van der Waals surface area contributed by atoms with Crippen LogP contribution in [0.5, 0.6) is 0 Å². The van der Waals surface area contributed by atoms with E-state index in [1.165, 1.54) is 0 Å². The van der Waals surface area contributed by atoms with Crippen molar-refractivity contribution in [1.82, 2.24) is 0 Å². The molecule has 4 heteroatoms. The molecule has 1 heterocycles. The Morgan fingerprint density at radius 2 is 2.27 bits per heavy atom. The van der Waals surface area contributed by atoms with Crippen LogP contribution in [0.3, 0.4) is 0 Å². The highest BCUT2D eigenvalue weighted by Gasteiger charge is 2.75. The van der Waals surface area contributed by atoms with E-state index in [2.05, 4.69) is 0 Å². The van der Waals surface area contributed by atoms with Crippen molar-refractivity contribution in [2.45, 2.75) is 12.2 Å². The first-order valence-corrected chi connectivity index (χ1v) is 3.62. The monoisotopic (exact) mass is 153 g/mol. The zero-order valence-corrected chi connectivity index (χ0v) is 5.52. The van der Waals surface area contributed by atoms with Gasteiger partial charge in [0.25, 0.3) is 0 Å². The van der Waals surface area contributed by atoms with Crippen molar-refractivity contribution < 1.29 is 19.4 Å². The highest BCUT2D eigenvalue weighted by molar-refractivity contribution is 5.99. The molecule has 4 nitrogen and oxygen atoms in total. The molecule has 5 unspecified atom stereocenters. The van der Waals surface area contributed by atoms with E-state index in [1.807, 2.05) is 0 Å². The normalized spacial score (nSPS) is 56.7. The lowest BCUT2D eigenvalue weighted by molar-refractivity contribution is -0.308. The molecule has 0 radical (unpaired) electrons. The van der Waals surface area contributed by atoms with Gasteiger partial charge in [0.2, 0.25) is 0 Å². The third-order valence-electron chi connectivity index (χ3n) is 2.86. The smallest absolute Gasteiger partial charge is 0.168 e. The Labute approximate surface area is 62.1 Å². The van der Waals surface area contributed by atoms with Gasteiger partial charge in [-0.2, -0.15) is 0 Å². The van der Waals surface area contributed by atoms with Gasteiger partial charge in [0.15, 0.2) is 5.78 Å². The Morgan fingerprint density at radius 3 is 2.73 bits per heavy atom. The number of carbonyl (C=O) groups excluding carboxylic acids is 2. The average molecular weight is 153 g/mol. The molecular formula is C7H5O4-. The summed E-state index contributed by atoms with van der Waals surface area (Å²) in [6.07, 6.45) is -0.323. The average Bonchev–Trinajstić information content (AvgIpc) is 2.79. The summed E-state index contributed by atoms with van der Waals surface area (Å²) in [5, 5.41) is 10.4. The molecule has 0 aromatic rings. The van der Waals surface area contributed by atoms with Crippen LogP contribution in [0.2, 0.25) is 0 Å². The Kier molecular flexibility index (Phi) is 0.696. The van der Waals surface area contributed by atoms with Crippen LogP contribution >= 0.6 is 0 Å². The molecule has 2 saturated carbocycles. The van der Waals surface area contributed by atoms with Crippen molar-refractivity contribution in [2.75, 3.05) is 0 Å². The summed E-state index contributed by atoms with van der Waals surface area (Å²) in [7, 11) is 0. The molecule has 3 rings (SSSR count). The first-order valence-electron chi connectivity index (χ1n) is 3.62. The van der Waals surface area contributed by atoms with Crippen LogP contribution in [0.15, 0.2) is 0 Å². The fourth-order valence-electron chi connectivity index (χ4n) is 2.25. The van der Waals surface area contributed by atoms with Gasteiger partial charge < -0.3 is 14.6 Å². The van der Waals surface area contributed by atoms with Crippen molar-refractivity contribution in [2.24, 2.45) is 17.8 Å². The van der Waals surface area contributed by atoms with Crippen molar-refractivity contribution in [3.8, 4) is 0 Å². The lowest BCUT2D eigenvalue weighted by atomic mass is 10.1. The van der Waals surface area contributed by atoms with Crippen LogP contribution in [-0.4, -0.2) is 24.0 Å². The zero-order valence-electron chi connectivity index (χ0n) is 5.52. The third-order valence-corrected chi connectivity index (χ3v) is 2.86. The Bertz CT molecular complexity index is 268. The largest absolute Gasteiger partial charge is 0.550 e. The maximum atomic E-state index is 11.1. The summed E-state index contributed by atoms with van der Waals surface area (Å²) in [4.78, 5) is 21.5. The number of carboxylic acids is 1. The number of hydrogen-bond acceptors (Lipinski definition) is 4. The SMILES string of the molecule is O=C([O-])C1C2C(=O)C3OC3C12. The number of carboxylic acid groups (broad SMARTS) is 1. The molecule has 0 bridgehead atoms. The number of rotatable bonds is 1. The summed E-state index contributed by atoms with van der Waals surface area (Å²) >= 11 is 0. The molecule has 3 fully saturated rings. The minimum Gasteiger partial charge on any atom is -0.550 e. The lowest BCUT2D eigenvalue weighted by Crippen LogP contribution is -2.28. The van der Waals surface area contributed by atoms with E-state index in [1.54, 1.807) is 0 Å². The molecule has 3 aliphatic rings. The predicted molar refractivity (Wildman–Crippen MR) is 29.1 cm³/mol. The van der Waals surface area contributed by atoms with Crippen LogP contribution in [0.25, 0.3) is 0 Å². The van der Waals surface area contributed by atoms with Gasteiger partial charge in [-0.1, -0.05) is 0 Å². The van der Waals surface area contributed by atoms with E-state index in [-0.39, 0.29) is 29.8 Å². The number of fused-ring (bicyclic) bond motifs is 3. The summed E-state index contributed by atoms with van der Waals surface area (Å²) in [6, 6.07) is 0. The van der Waals surface area contributed by atoms with Crippen molar-refractivity contribution in [3.63, 3.8) is 0 Å². The standard InChI is InChI=1S/C7H6O4/c8-4-1-2(3(1)7(9)10)5-6(4)11-5/h1-3,5-6H,(H,9,10)/p-1. The minimum absolute atomic E-state index is 0.0193. The van der Waals surface area contributed by atoms with Gasteiger partial charge in [-0.05, 0) is 0 Å². The van der Waals surface area contributed by atoms with Crippen LogP contribution in [0, 0.1) is 17.8 Å². The number of epoxide rings is 1. The molecule has 1 saturated heterocycles. The fraction of sp³-hybridized carbons (Fsp3) is 0.714. The Balaban J connectivity index is 1.90. The minimum atomic E-state index is -1.10. The van der Waals surface area contributed by atoms with Crippen molar-refractivity contribution in [3.05, 3.63) is 0 Å². The fourth-order valence-corrected chi connectivity index (χ4v) is 2.25. The van der Waals surface area contributed by atoms with Gasteiger partial charge in [-0.15, -0.1) is 0 Å². The van der Waals surface area contributed by atoms with E-state index in [0.29, 0.717) is 0 Å². The second-order valence-electron chi connectivity index (χ2n) is 3.37. The highest BCUT2D eigenvalue weighted by atomic mass is 16.6. The maximum absolute atomic E-state index is 11.1. The predicted octanol–water partition coefficient (Wildman–Crippen LogP) is -2.05. The number of carbonyl (C=O) groups is 2. The topological polar surface area (TPSA) is 69.7 Å². The van der Waals surface area contributed by atoms with E-state index < -0.39 is 11.9 Å². The van der Waals surface area contributed by atoms with Gasteiger partial charge in [-0.3, -0.25) is 4.79 Å². The number of Topliss-reactive ketones (excluding diaryl/α,β-unsaturated/α-hetero) is 1. The lowest BCUT2D eigenvalue weighted by Gasteiger charge is -1.98. The quantitative estimate of drug-likeness (QED) is 0.406. The van der Waals surface area contributed by atoms with Crippen molar-refractivity contribution in [1.29, 1.82) is 0 Å². The molecule has 58 valence electrons. The van der Waals surface area contributed by atoms with Gasteiger partial charge in [0.1, 0.15) is 6.10 Å². The molecule has 0 N–H and O–H groups in total. The van der Waals surface area contributed by atoms with Gasteiger partial charge in [0, 0.05) is 23.7 Å². The van der Waals surface area contributed by atoms with Gasteiger partial charge in [-0.25, -0.2) is 0 Å². The van der Waals surface area contributed by atoms with Crippen LogP contribution in [0.1, 0.15) is 0 Å². The number of ketones is 1. The number of hydrogen-bond donors (Lipinski definition) is 0. The summed E-state index contributed by atoms with van der Waals surface area (Å²) in [5.74, 6) is -1.95. The molecule has 0 amide bonds. The maximum Gasteiger partial charge on any atom is 0.168 e. The van der Waals surface area contributed by atoms with Gasteiger partial charge in [0.05, 0.1) is 6.10 Å². The zero-order chi connectivity index (χ0) is 7.75. The molecule has 0 aromatic carbocycles. The first kappa shape index (κ1) is 5.71. The first-order chi connectivity index (χ1) is 5.22. The molecule has 2 aliphatic carbocycles. The summed E-state index contributed by atoms with van der Waals surface area (Å²) in [6.45, 7) is 0. The second-order valence-corrected chi connectivity index (χ2v) is 3.37. The second kappa shape index (κ2) is 1.34. The third kappa shape index (κ3) is 0.474. The van der Waals surface area contributed by atoms with E-state index in [4.69, 9.17) is 4.74 Å².